The lowest BCUT2D eigenvalue weighted by Gasteiger charge is -2.32. The van der Waals surface area contributed by atoms with Gasteiger partial charge in [0, 0.05) is 44.8 Å². The predicted octanol–water partition coefficient (Wildman–Crippen LogP) is 0.598. The summed E-state index contributed by atoms with van der Waals surface area (Å²) in [7, 11) is 2.14. The minimum Gasteiger partial charge on any atom is -0.508 e. The van der Waals surface area contributed by atoms with Crippen molar-refractivity contribution in [2.24, 2.45) is 5.73 Å². The van der Waals surface area contributed by atoms with Crippen molar-refractivity contribution in [3.05, 3.63) is 29.3 Å². The summed E-state index contributed by atoms with van der Waals surface area (Å²) in [6.07, 6.45) is 0. The lowest BCUT2D eigenvalue weighted by atomic mass is 10.1. The summed E-state index contributed by atoms with van der Waals surface area (Å²) >= 11 is 0. The molecule has 1 saturated heterocycles. The zero-order chi connectivity index (χ0) is 12.3. The third-order valence-corrected chi connectivity index (χ3v) is 3.38. The van der Waals surface area contributed by atoms with Crippen LogP contribution in [0.1, 0.15) is 11.1 Å². The monoisotopic (exact) mass is 235 g/mol. The maximum Gasteiger partial charge on any atom is 0.120 e. The molecule has 17 heavy (non-hydrogen) atoms. The van der Waals surface area contributed by atoms with Crippen molar-refractivity contribution in [1.82, 2.24) is 9.80 Å². The molecule has 94 valence electrons. The molecule has 0 aromatic heterocycles. The van der Waals surface area contributed by atoms with E-state index in [1.165, 1.54) is 0 Å². The number of phenolic OH excluding ortho intramolecular Hbond substituents is 1. The number of nitrogens with two attached hydrogens (primary N) is 1. The SMILES string of the molecule is CN1CCN(Cc2ccc(CN)cc2O)CC1. The first-order chi connectivity index (χ1) is 8.19. The quantitative estimate of drug-likeness (QED) is 0.805. The van der Waals surface area contributed by atoms with E-state index in [9.17, 15) is 5.11 Å². The molecule has 4 heteroatoms. The second kappa shape index (κ2) is 5.49. The molecule has 0 saturated carbocycles. The fraction of sp³-hybridized carbons (Fsp3) is 0.538. The molecule has 1 aromatic carbocycles. The van der Waals surface area contributed by atoms with E-state index in [0.29, 0.717) is 12.3 Å². The van der Waals surface area contributed by atoms with Gasteiger partial charge in [0.25, 0.3) is 0 Å². The first kappa shape index (κ1) is 12.4. The average molecular weight is 235 g/mol. The highest BCUT2D eigenvalue weighted by Crippen LogP contribution is 2.20. The fourth-order valence-electron chi connectivity index (χ4n) is 2.12. The number of rotatable bonds is 3. The number of aromatic hydroxyl groups is 1. The smallest absolute Gasteiger partial charge is 0.120 e. The van der Waals surface area contributed by atoms with Crippen molar-refractivity contribution in [3.63, 3.8) is 0 Å². The molecule has 4 nitrogen and oxygen atoms in total. The van der Waals surface area contributed by atoms with Crippen molar-refractivity contribution in [1.29, 1.82) is 0 Å². The van der Waals surface area contributed by atoms with E-state index < -0.39 is 0 Å². The van der Waals surface area contributed by atoms with Gasteiger partial charge in [0.2, 0.25) is 0 Å². The van der Waals surface area contributed by atoms with Gasteiger partial charge in [-0.2, -0.15) is 0 Å². The summed E-state index contributed by atoms with van der Waals surface area (Å²) < 4.78 is 0. The van der Waals surface area contributed by atoms with Crippen molar-refractivity contribution in [2.45, 2.75) is 13.1 Å². The van der Waals surface area contributed by atoms with Gasteiger partial charge in [-0.15, -0.1) is 0 Å². The predicted molar refractivity (Wildman–Crippen MR) is 68.8 cm³/mol. The van der Waals surface area contributed by atoms with Crippen molar-refractivity contribution >= 4 is 0 Å². The summed E-state index contributed by atoms with van der Waals surface area (Å²) in [5, 5.41) is 9.91. The lowest BCUT2D eigenvalue weighted by Crippen LogP contribution is -2.43. The van der Waals surface area contributed by atoms with Crippen LogP contribution in [0.2, 0.25) is 0 Å². The zero-order valence-corrected chi connectivity index (χ0v) is 10.4. The number of phenols is 1. The Bertz CT molecular complexity index is 373. The fourth-order valence-corrected chi connectivity index (χ4v) is 2.12. The van der Waals surface area contributed by atoms with Crippen LogP contribution in [0.15, 0.2) is 18.2 Å². The Balaban J connectivity index is 1.99. The van der Waals surface area contributed by atoms with Gasteiger partial charge in [-0.25, -0.2) is 0 Å². The molecule has 3 N–H and O–H groups in total. The van der Waals surface area contributed by atoms with Crippen molar-refractivity contribution < 1.29 is 5.11 Å². The van der Waals surface area contributed by atoms with E-state index >= 15 is 0 Å². The van der Waals surface area contributed by atoms with E-state index in [-0.39, 0.29) is 0 Å². The van der Waals surface area contributed by atoms with Crippen LogP contribution in [0, 0.1) is 0 Å². The second-order valence-electron chi connectivity index (χ2n) is 4.75. The first-order valence-electron chi connectivity index (χ1n) is 6.11. The van der Waals surface area contributed by atoms with Gasteiger partial charge in [0.15, 0.2) is 0 Å². The standard InChI is InChI=1S/C13H21N3O/c1-15-4-6-16(7-5-15)10-12-3-2-11(9-14)8-13(12)17/h2-3,8,17H,4-7,9-10,14H2,1H3. The topological polar surface area (TPSA) is 52.7 Å². The molecule has 0 atom stereocenters. The number of hydrogen-bond donors (Lipinski definition) is 2. The Morgan fingerprint density at radius 1 is 1.24 bits per heavy atom. The molecule has 0 spiro atoms. The molecule has 0 unspecified atom stereocenters. The normalized spacial score (nSPS) is 18.5. The Hall–Kier alpha value is -1.10. The summed E-state index contributed by atoms with van der Waals surface area (Å²) in [4.78, 5) is 4.70. The van der Waals surface area contributed by atoms with Gasteiger partial charge < -0.3 is 15.7 Å². The number of nitrogens with zero attached hydrogens (tertiary/aromatic N) is 2. The van der Waals surface area contributed by atoms with Crippen LogP contribution in [0.25, 0.3) is 0 Å². The summed E-state index contributed by atoms with van der Waals surface area (Å²) in [6.45, 7) is 5.62. The van der Waals surface area contributed by atoms with Gasteiger partial charge in [-0.3, -0.25) is 4.90 Å². The number of benzene rings is 1. The van der Waals surface area contributed by atoms with Gasteiger partial charge in [-0.1, -0.05) is 12.1 Å². The molecule has 0 bridgehead atoms. The molecule has 0 amide bonds. The Morgan fingerprint density at radius 2 is 1.94 bits per heavy atom. The van der Waals surface area contributed by atoms with E-state index in [1.54, 1.807) is 6.07 Å². The highest BCUT2D eigenvalue weighted by Gasteiger charge is 2.15. The van der Waals surface area contributed by atoms with Crippen LogP contribution < -0.4 is 5.73 Å². The summed E-state index contributed by atoms with van der Waals surface area (Å²) in [5.74, 6) is 0.367. The summed E-state index contributed by atoms with van der Waals surface area (Å²) in [5.41, 5.74) is 7.51. The molecule has 1 aliphatic heterocycles. The van der Waals surface area contributed by atoms with Crippen LogP contribution in [0.5, 0.6) is 5.75 Å². The highest BCUT2D eigenvalue weighted by molar-refractivity contribution is 5.36. The van der Waals surface area contributed by atoms with Crippen molar-refractivity contribution in [3.8, 4) is 5.75 Å². The maximum absolute atomic E-state index is 9.91. The zero-order valence-electron chi connectivity index (χ0n) is 10.4. The van der Waals surface area contributed by atoms with Gasteiger partial charge in [0.1, 0.15) is 5.75 Å². The van der Waals surface area contributed by atoms with Gasteiger partial charge >= 0.3 is 0 Å². The minimum absolute atomic E-state index is 0.367. The molecule has 1 fully saturated rings. The molecule has 0 aliphatic carbocycles. The highest BCUT2D eigenvalue weighted by atomic mass is 16.3. The molecular formula is C13H21N3O. The first-order valence-corrected chi connectivity index (χ1v) is 6.11. The second-order valence-corrected chi connectivity index (χ2v) is 4.75. The van der Waals surface area contributed by atoms with E-state index in [0.717, 1.165) is 43.9 Å². The Kier molecular flexibility index (Phi) is 3.99. The lowest BCUT2D eigenvalue weighted by molar-refractivity contribution is 0.147. The Labute approximate surface area is 103 Å². The molecule has 1 aromatic rings. The van der Waals surface area contributed by atoms with E-state index in [2.05, 4.69) is 16.8 Å². The van der Waals surface area contributed by atoms with E-state index in [4.69, 9.17) is 5.73 Å². The maximum atomic E-state index is 9.91. The summed E-state index contributed by atoms with van der Waals surface area (Å²) in [6, 6.07) is 5.74. The third kappa shape index (κ3) is 3.19. The van der Waals surface area contributed by atoms with Crippen molar-refractivity contribution in [2.75, 3.05) is 33.2 Å². The third-order valence-electron chi connectivity index (χ3n) is 3.38. The van der Waals surface area contributed by atoms with Crippen LogP contribution in [-0.4, -0.2) is 48.1 Å². The number of likely N-dealkylation sites (N-methyl/N-ethyl adjacent to an activating group) is 1. The molecule has 0 radical (unpaired) electrons. The largest absolute Gasteiger partial charge is 0.508 e. The van der Waals surface area contributed by atoms with Crippen LogP contribution in [-0.2, 0) is 13.1 Å². The molecule has 1 heterocycles. The van der Waals surface area contributed by atoms with Crippen LogP contribution in [0.4, 0.5) is 0 Å². The number of piperazine rings is 1. The van der Waals surface area contributed by atoms with Gasteiger partial charge in [-0.05, 0) is 18.7 Å². The van der Waals surface area contributed by atoms with Gasteiger partial charge in [0.05, 0.1) is 0 Å². The molecule has 1 aliphatic rings. The average Bonchev–Trinajstić information content (AvgIpc) is 2.34. The molecule has 2 rings (SSSR count). The number of hydrogen-bond acceptors (Lipinski definition) is 4. The van der Waals surface area contributed by atoms with E-state index in [1.807, 2.05) is 12.1 Å². The minimum atomic E-state index is 0.367. The Morgan fingerprint density at radius 3 is 2.53 bits per heavy atom. The molecular weight excluding hydrogens is 214 g/mol. The van der Waals surface area contributed by atoms with Crippen LogP contribution >= 0.6 is 0 Å². The van der Waals surface area contributed by atoms with Crippen LogP contribution in [0.3, 0.4) is 0 Å².